The molecular weight excluding hydrogens is 667 g/mol. The summed E-state index contributed by atoms with van der Waals surface area (Å²) in [5, 5.41) is 7.63. The molecule has 55 heavy (non-hydrogen) atoms. The van der Waals surface area contributed by atoms with Gasteiger partial charge in [-0.2, -0.15) is 0 Å². The standard InChI is InChI=1S/C52H39N3/c1-52(2,3)42-25-16-24-40-50-48(32-31-47-49(50)39-23-12-15-28-45(39)54(47)36-19-8-5-9-20-36)55(51(40)42)43-26-13-10-21-37(43)34-29-30-46-41(33-34)38-22-11-14-27-44(38)53(46)35-17-6-4-7-18-35/h4-33H,1-3H3. The molecular formula is C52H39N3. The van der Waals surface area contributed by atoms with Crippen LogP contribution in [0, 0.1) is 0 Å². The molecule has 3 heteroatoms. The van der Waals surface area contributed by atoms with E-state index in [4.69, 9.17) is 0 Å². The van der Waals surface area contributed by atoms with Crippen LogP contribution in [0.1, 0.15) is 26.3 Å². The van der Waals surface area contributed by atoms with Crippen LogP contribution in [0.3, 0.4) is 0 Å². The van der Waals surface area contributed by atoms with Crippen molar-refractivity contribution in [1.82, 2.24) is 13.7 Å². The molecule has 0 fully saturated rings. The highest BCUT2D eigenvalue weighted by molar-refractivity contribution is 6.29. The van der Waals surface area contributed by atoms with Crippen molar-refractivity contribution in [2.24, 2.45) is 0 Å². The van der Waals surface area contributed by atoms with Gasteiger partial charge in [-0.15, -0.1) is 0 Å². The molecule has 0 amide bonds. The normalized spacial score (nSPS) is 12.3. The third-order valence-electron chi connectivity index (χ3n) is 11.6. The molecule has 3 aromatic heterocycles. The maximum absolute atomic E-state index is 2.56. The van der Waals surface area contributed by atoms with Crippen molar-refractivity contribution in [1.29, 1.82) is 0 Å². The Kier molecular flexibility index (Phi) is 6.81. The largest absolute Gasteiger partial charge is 0.309 e. The number of aromatic nitrogens is 3. The fourth-order valence-corrected chi connectivity index (χ4v) is 9.23. The van der Waals surface area contributed by atoms with E-state index in [1.807, 2.05) is 0 Å². The molecule has 3 heterocycles. The Morgan fingerprint density at radius 3 is 1.58 bits per heavy atom. The van der Waals surface area contributed by atoms with E-state index in [-0.39, 0.29) is 5.41 Å². The van der Waals surface area contributed by atoms with Gasteiger partial charge >= 0.3 is 0 Å². The van der Waals surface area contributed by atoms with Gasteiger partial charge in [0.2, 0.25) is 0 Å². The van der Waals surface area contributed by atoms with Gasteiger partial charge in [-0.05, 0) is 83.3 Å². The van der Waals surface area contributed by atoms with Crippen LogP contribution >= 0.6 is 0 Å². The van der Waals surface area contributed by atoms with Gasteiger partial charge in [-0.1, -0.05) is 136 Å². The second kappa shape index (κ2) is 11.8. The van der Waals surface area contributed by atoms with Crippen LogP contribution in [-0.4, -0.2) is 13.7 Å². The molecule has 11 aromatic rings. The maximum atomic E-state index is 2.56. The first-order valence-electron chi connectivity index (χ1n) is 19.2. The van der Waals surface area contributed by atoms with Crippen LogP contribution in [0.15, 0.2) is 182 Å². The Balaban J connectivity index is 1.24. The van der Waals surface area contributed by atoms with E-state index in [0.29, 0.717) is 0 Å². The molecule has 3 nitrogen and oxygen atoms in total. The smallest absolute Gasteiger partial charge is 0.0578 e. The lowest BCUT2D eigenvalue weighted by Crippen LogP contribution is -2.13. The summed E-state index contributed by atoms with van der Waals surface area (Å²) in [5.74, 6) is 0. The van der Waals surface area contributed by atoms with Crippen LogP contribution in [0.5, 0.6) is 0 Å². The van der Waals surface area contributed by atoms with Gasteiger partial charge in [0, 0.05) is 49.3 Å². The minimum Gasteiger partial charge on any atom is -0.309 e. The molecule has 0 radical (unpaired) electrons. The zero-order chi connectivity index (χ0) is 36.8. The zero-order valence-corrected chi connectivity index (χ0v) is 31.2. The average molecular weight is 706 g/mol. The fourth-order valence-electron chi connectivity index (χ4n) is 9.23. The molecule has 0 N–H and O–H groups in total. The Hall–Kier alpha value is -6.84. The van der Waals surface area contributed by atoms with Crippen LogP contribution in [0.2, 0.25) is 0 Å². The summed E-state index contributed by atoms with van der Waals surface area (Å²) >= 11 is 0. The topological polar surface area (TPSA) is 14.8 Å². The molecule has 0 bridgehead atoms. The highest BCUT2D eigenvalue weighted by Crippen LogP contribution is 2.46. The highest BCUT2D eigenvalue weighted by Gasteiger charge is 2.26. The molecule has 0 saturated carbocycles. The number of nitrogens with zero attached hydrogens (tertiary/aromatic N) is 3. The third-order valence-corrected chi connectivity index (χ3v) is 11.6. The number of hydrogen-bond donors (Lipinski definition) is 0. The minimum absolute atomic E-state index is 0.0874. The van der Waals surface area contributed by atoms with E-state index in [1.54, 1.807) is 0 Å². The summed E-state index contributed by atoms with van der Waals surface area (Å²) in [6, 6.07) is 66.7. The van der Waals surface area contributed by atoms with E-state index in [2.05, 4.69) is 216 Å². The summed E-state index contributed by atoms with van der Waals surface area (Å²) in [7, 11) is 0. The second-order valence-corrected chi connectivity index (χ2v) is 15.8. The van der Waals surface area contributed by atoms with Crippen molar-refractivity contribution in [3.63, 3.8) is 0 Å². The average Bonchev–Trinajstić information content (AvgIpc) is 3.86. The van der Waals surface area contributed by atoms with E-state index in [1.165, 1.54) is 99.2 Å². The summed E-state index contributed by atoms with van der Waals surface area (Å²) in [5.41, 5.74) is 14.5. The van der Waals surface area contributed by atoms with Crippen molar-refractivity contribution in [3.05, 3.63) is 188 Å². The van der Waals surface area contributed by atoms with Gasteiger partial charge in [0.25, 0.3) is 0 Å². The molecule has 0 unspecified atom stereocenters. The fraction of sp³-hybridized carbons (Fsp3) is 0.0769. The van der Waals surface area contributed by atoms with E-state index in [9.17, 15) is 0 Å². The Labute approximate surface area is 319 Å². The van der Waals surface area contributed by atoms with Crippen LogP contribution in [-0.2, 0) is 5.41 Å². The van der Waals surface area contributed by atoms with Gasteiger partial charge in [0.1, 0.15) is 0 Å². The van der Waals surface area contributed by atoms with E-state index in [0.717, 1.165) is 0 Å². The van der Waals surface area contributed by atoms with Gasteiger partial charge in [0.05, 0.1) is 38.8 Å². The minimum atomic E-state index is -0.0874. The molecule has 8 aromatic carbocycles. The summed E-state index contributed by atoms with van der Waals surface area (Å²) in [6.07, 6.45) is 0. The summed E-state index contributed by atoms with van der Waals surface area (Å²) in [6.45, 7) is 7.01. The van der Waals surface area contributed by atoms with Gasteiger partial charge < -0.3 is 13.7 Å². The number of benzene rings is 8. The van der Waals surface area contributed by atoms with Gasteiger partial charge in [-0.3, -0.25) is 0 Å². The Morgan fingerprint density at radius 1 is 0.364 bits per heavy atom. The van der Waals surface area contributed by atoms with Crippen molar-refractivity contribution < 1.29 is 0 Å². The van der Waals surface area contributed by atoms with Crippen molar-refractivity contribution in [2.75, 3.05) is 0 Å². The number of rotatable bonds is 4. The molecule has 0 spiro atoms. The van der Waals surface area contributed by atoms with Crippen LogP contribution < -0.4 is 0 Å². The molecule has 0 aliphatic carbocycles. The van der Waals surface area contributed by atoms with Crippen molar-refractivity contribution in [3.8, 4) is 28.2 Å². The zero-order valence-electron chi connectivity index (χ0n) is 31.2. The molecule has 0 aliphatic heterocycles. The number of para-hydroxylation sites is 6. The quantitative estimate of drug-likeness (QED) is 0.173. The highest BCUT2D eigenvalue weighted by atomic mass is 15.0. The van der Waals surface area contributed by atoms with E-state index < -0.39 is 0 Å². The third kappa shape index (κ3) is 4.63. The van der Waals surface area contributed by atoms with Crippen LogP contribution in [0.4, 0.5) is 0 Å². The van der Waals surface area contributed by atoms with Crippen LogP contribution in [0.25, 0.3) is 93.6 Å². The lowest BCUT2D eigenvalue weighted by molar-refractivity contribution is 0.594. The Bertz CT molecular complexity index is 3280. The van der Waals surface area contributed by atoms with Crippen molar-refractivity contribution in [2.45, 2.75) is 26.2 Å². The summed E-state index contributed by atoms with van der Waals surface area (Å²) < 4.78 is 7.38. The summed E-state index contributed by atoms with van der Waals surface area (Å²) in [4.78, 5) is 0. The first-order chi connectivity index (χ1) is 27.0. The SMILES string of the molecule is CC(C)(C)c1cccc2c3c4c5ccccc5n(-c5ccccc5)c4ccc3n(-c3ccccc3-c3ccc4c(c3)c3ccccc3n4-c3ccccc3)c12. The number of fused-ring (bicyclic) bond motifs is 10. The first kappa shape index (κ1) is 31.7. The molecule has 0 atom stereocenters. The lowest BCUT2D eigenvalue weighted by Gasteiger charge is -2.23. The molecule has 262 valence electrons. The van der Waals surface area contributed by atoms with E-state index >= 15 is 0 Å². The predicted molar refractivity (Wildman–Crippen MR) is 234 cm³/mol. The van der Waals surface area contributed by atoms with Crippen molar-refractivity contribution >= 4 is 65.4 Å². The maximum Gasteiger partial charge on any atom is 0.0578 e. The molecule has 0 saturated heterocycles. The second-order valence-electron chi connectivity index (χ2n) is 15.8. The Morgan fingerprint density at radius 2 is 0.873 bits per heavy atom. The molecule has 0 aliphatic rings. The first-order valence-corrected chi connectivity index (χ1v) is 19.2. The lowest BCUT2D eigenvalue weighted by atomic mass is 9.85. The van der Waals surface area contributed by atoms with Gasteiger partial charge in [-0.25, -0.2) is 0 Å². The number of hydrogen-bond acceptors (Lipinski definition) is 0. The predicted octanol–water partition coefficient (Wildman–Crippen LogP) is 13.9. The van der Waals surface area contributed by atoms with Gasteiger partial charge in [0.15, 0.2) is 0 Å². The monoisotopic (exact) mass is 705 g/mol. The molecule has 11 rings (SSSR count).